The highest BCUT2D eigenvalue weighted by Crippen LogP contribution is 2.30. The van der Waals surface area contributed by atoms with E-state index in [-0.39, 0.29) is 24.3 Å². The normalized spacial score (nSPS) is 13.2. The van der Waals surface area contributed by atoms with E-state index in [4.69, 9.17) is 16.3 Å². The third-order valence-corrected chi connectivity index (χ3v) is 4.67. The Morgan fingerprint density at radius 2 is 2.00 bits per heavy atom. The zero-order valence-corrected chi connectivity index (χ0v) is 16.3. The summed E-state index contributed by atoms with van der Waals surface area (Å²) in [5.74, 6) is 0.415. The lowest BCUT2D eigenvalue weighted by atomic mass is 10.2. The Morgan fingerprint density at radius 3 is 2.73 bits per heavy atom. The summed E-state index contributed by atoms with van der Waals surface area (Å²) in [4.78, 5) is 23.8. The Balaban J connectivity index is 1.47. The van der Waals surface area contributed by atoms with Gasteiger partial charge in [-0.2, -0.15) is 0 Å². The highest BCUT2D eigenvalue weighted by molar-refractivity contribution is 9.10. The molecule has 1 aliphatic rings. The van der Waals surface area contributed by atoms with E-state index in [1.807, 2.05) is 24.3 Å². The Kier molecular flexibility index (Phi) is 6.16. The molecule has 2 N–H and O–H groups in total. The van der Waals surface area contributed by atoms with Crippen LogP contribution in [0, 0.1) is 5.92 Å². The number of rotatable bonds is 7. The van der Waals surface area contributed by atoms with E-state index in [9.17, 15) is 9.59 Å². The lowest BCUT2D eigenvalue weighted by Crippen LogP contribution is -2.28. The molecular weight excluding hydrogens is 420 g/mol. The van der Waals surface area contributed by atoms with Crippen LogP contribution in [0.25, 0.3) is 0 Å². The highest BCUT2D eigenvalue weighted by Gasteiger charge is 2.29. The number of ether oxygens (including phenoxy) is 1. The summed E-state index contributed by atoms with van der Waals surface area (Å²) >= 11 is 9.36. The SMILES string of the molecule is O=C(COc1ccc(Br)cc1Cl)NCc1cccc(NC(=O)C2CC2)c1. The van der Waals surface area contributed by atoms with Gasteiger partial charge in [0.1, 0.15) is 5.75 Å². The van der Waals surface area contributed by atoms with Crippen molar-refractivity contribution >= 4 is 45.0 Å². The first kappa shape index (κ1) is 18.7. The minimum Gasteiger partial charge on any atom is -0.482 e. The molecule has 26 heavy (non-hydrogen) atoms. The second-order valence-corrected chi connectivity index (χ2v) is 7.43. The number of halogens is 2. The summed E-state index contributed by atoms with van der Waals surface area (Å²) in [5.41, 5.74) is 1.64. The number of benzene rings is 2. The molecule has 136 valence electrons. The van der Waals surface area contributed by atoms with Crippen molar-refractivity contribution < 1.29 is 14.3 Å². The van der Waals surface area contributed by atoms with Crippen molar-refractivity contribution in [1.82, 2.24) is 5.32 Å². The second kappa shape index (κ2) is 8.56. The first-order valence-electron chi connectivity index (χ1n) is 8.25. The van der Waals surface area contributed by atoms with Crippen LogP contribution in [-0.4, -0.2) is 18.4 Å². The van der Waals surface area contributed by atoms with Crippen molar-refractivity contribution in [2.45, 2.75) is 19.4 Å². The van der Waals surface area contributed by atoms with E-state index < -0.39 is 0 Å². The Hall–Kier alpha value is -2.05. The molecule has 2 aromatic rings. The first-order valence-corrected chi connectivity index (χ1v) is 9.43. The van der Waals surface area contributed by atoms with Crippen molar-refractivity contribution in [1.29, 1.82) is 0 Å². The minimum atomic E-state index is -0.253. The van der Waals surface area contributed by atoms with Gasteiger partial charge in [0.2, 0.25) is 5.91 Å². The molecule has 0 aliphatic heterocycles. The van der Waals surface area contributed by atoms with Crippen molar-refractivity contribution in [2.75, 3.05) is 11.9 Å². The molecule has 0 spiro atoms. The minimum absolute atomic E-state index is 0.0611. The van der Waals surface area contributed by atoms with Crippen LogP contribution in [0.5, 0.6) is 5.75 Å². The Bertz CT molecular complexity index is 824. The van der Waals surface area contributed by atoms with Gasteiger partial charge in [0.05, 0.1) is 5.02 Å². The maximum atomic E-state index is 12.0. The predicted molar refractivity (Wildman–Crippen MR) is 104 cm³/mol. The molecular formula is C19H18BrClN2O3. The largest absolute Gasteiger partial charge is 0.482 e. The molecule has 2 amide bonds. The van der Waals surface area contributed by atoms with Crippen LogP contribution >= 0.6 is 27.5 Å². The average Bonchev–Trinajstić information content (AvgIpc) is 3.45. The molecule has 0 radical (unpaired) electrons. The summed E-state index contributed by atoms with van der Waals surface area (Å²) in [6, 6.07) is 12.6. The van der Waals surface area contributed by atoms with Crippen molar-refractivity contribution in [3.05, 3.63) is 57.5 Å². The predicted octanol–water partition coefficient (Wildman–Crippen LogP) is 4.15. The fourth-order valence-corrected chi connectivity index (χ4v) is 3.06. The number of carbonyl (C=O) groups is 2. The molecule has 0 bridgehead atoms. The quantitative estimate of drug-likeness (QED) is 0.684. The summed E-state index contributed by atoms with van der Waals surface area (Å²) in [6.45, 7) is 0.225. The van der Waals surface area contributed by atoms with Gasteiger partial charge >= 0.3 is 0 Å². The van der Waals surface area contributed by atoms with Crippen LogP contribution in [0.1, 0.15) is 18.4 Å². The molecule has 1 fully saturated rings. The van der Waals surface area contributed by atoms with Gasteiger partial charge in [0, 0.05) is 22.6 Å². The number of hydrogen-bond donors (Lipinski definition) is 2. The Labute approximate surface area is 165 Å². The average molecular weight is 438 g/mol. The first-order chi connectivity index (χ1) is 12.5. The van der Waals surface area contributed by atoms with E-state index in [0.717, 1.165) is 28.6 Å². The summed E-state index contributed by atoms with van der Waals surface area (Å²) in [6.07, 6.45) is 1.92. The fraction of sp³-hybridized carbons (Fsp3) is 0.263. The number of amides is 2. The Morgan fingerprint density at radius 1 is 1.19 bits per heavy atom. The fourth-order valence-electron chi connectivity index (χ4n) is 2.34. The lowest BCUT2D eigenvalue weighted by Gasteiger charge is -2.10. The molecule has 0 saturated heterocycles. The van der Waals surface area contributed by atoms with E-state index in [1.54, 1.807) is 18.2 Å². The van der Waals surface area contributed by atoms with Crippen LogP contribution in [0.15, 0.2) is 46.9 Å². The molecule has 3 rings (SSSR count). The van der Waals surface area contributed by atoms with Crippen LogP contribution in [0.4, 0.5) is 5.69 Å². The van der Waals surface area contributed by atoms with Crippen LogP contribution in [0.2, 0.25) is 5.02 Å². The van der Waals surface area contributed by atoms with E-state index in [0.29, 0.717) is 17.3 Å². The third kappa shape index (κ3) is 5.47. The van der Waals surface area contributed by atoms with Crippen LogP contribution in [-0.2, 0) is 16.1 Å². The molecule has 0 atom stereocenters. The van der Waals surface area contributed by atoms with Gasteiger partial charge in [-0.3, -0.25) is 9.59 Å². The maximum absolute atomic E-state index is 12.0. The summed E-state index contributed by atoms with van der Waals surface area (Å²) in [7, 11) is 0. The van der Waals surface area contributed by atoms with Gasteiger partial charge in [-0.05, 0) is 48.7 Å². The lowest BCUT2D eigenvalue weighted by molar-refractivity contribution is -0.123. The second-order valence-electron chi connectivity index (χ2n) is 6.10. The van der Waals surface area contributed by atoms with Crippen molar-refractivity contribution in [3.63, 3.8) is 0 Å². The molecule has 1 aliphatic carbocycles. The number of anilines is 1. The molecule has 7 heteroatoms. The van der Waals surface area contributed by atoms with Crippen LogP contribution in [0.3, 0.4) is 0 Å². The number of nitrogens with one attached hydrogen (secondary N) is 2. The van der Waals surface area contributed by atoms with E-state index in [1.165, 1.54) is 0 Å². The van der Waals surface area contributed by atoms with Crippen molar-refractivity contribution in [3.8, 4) is 5.75 Å². The molecule has 1 saturated carbocycles. The van der Waals surface area contributed by atoms with E-state index >= 15 is 0 Å². The number of carbonyl (C=O) groups excluding carboxylic acids is 2. The van der Waals surface area contributed by atoms with Gasteiger partial charge in [0.25, 0.3) is 5.91 Å². The molecule has 0 heterocycles. The smallest absolute Gasteiger partial charge is 0.258 e. The van der Waals surface area contributed by atoms with Gasteiger partial charge in [-0.15, -0.1) is 0 Å². The molecule has 2 aromatic carbocycles. The standard InChI is InChI=1S/C19H18BrClN2O3/c20-14-6-7-17(16(21)9-14)26-11-18(24)22-10-12-2-1-3-15(8-12)23-19(25)13-4-5-13/h1-3,6-9,13H,4-5,10-11H2,(H,22,24)(H,23,25). The van der Waals surface area contributed by atoms with Crippen molar-refractivity contribution in [2.24, 2.45) is 5.92 Å². The molecule has 0 aromatic heterocycles. The zero-order valence-electron chi connectivity index (χ0n) is 13.9. The monoisotopic (exact) mass is 436 g/mol. The van der Waals surface area contributed by atoms with Crippen LogP contribution < -0.4 is 15.4 Å². The molecule has 0 unspecified atom stereocenters. The third-order valence-electron chi connectivity index (χ3n) is 3.89. The summed E-state index contributed by atoms with van der Waals surface area (Å²) < 4.78 is 6.27. The zero-order chi connectivity index (χ0) is 18.5. The highest BCUT2D eigenvalue weighted by atomic mass is 79.9. The van der Waals surface area contributed by atoms with Gasteiger partial charge in [0.15, 0.2) is 6.61 Å². The molecule has 5 nitrogen and oxygen atoms in total. The van der Waals surface area contributed by atoms with E-state index in [2.05, 4.69) is 26.6 Å². The van der Waals surface area contributed by atoms with Gasteiger partial charge in [-0.1, -0.05) is 39.7 Å². The summed E-state index contributed by atoms with van der Waals surface area (Å²) in [5, 5.41) is 6.12. The topological polar surface area (TPSA) is 67.4 Å². The van der Waals surface area contributed by atoms with Gasteiger partial charge in [-0.25, -0.2) is 0 Å². The maximum Gasteiger partial charge on any atom is 0.258 e. The van der Waals surface area contributed by atoms with Gasteiger partial charge < -0.3 is 15.4 Å². The number of hydrogen-bond acceptors (Lipinski definition) is 3.